The van der Waals surface area contributed by atoms with E-state index in [9.17, 15) is 14.9 Å². The number of aliphatic carboxylic acids is 1. The van der Waals surface area contributed by atoms with E-state index in [1.165, 1.54) is 12.1 Å². The molecular weight excluding hydrogens is 250 g/mol. The molecule has 0 radical (unpaired) electrons. The number of nitrogens with zero attached hydrogens (tertiary/aromatic N) is 1. The van der Waals surface area contributed by atoms with E-state index in [-0.39, 0.29) is 12.1 Å². The lowest BCUT2D eigenvalue weighted by atomic mass is 10.1. The second-order valence-electron chi connectivity index (χ2n) is 4.16. The van der Waals surface area contributed by atoms with Crippen molar-refractivity contribution in [1.29, 1.82) is 0 Å². The molecule has 1 aromatic carbocycles. The van der Waals surface area contributed by atoms with Crippen LogP contribution in [0.15, 0.2) is 24.3 Å². The number of ether oxygens (including phenoxy) is 1. The second kappa shape index (κ2) is 8.07. The van der Waals surface area contributed by atoms with E-state index in [1.54, 1.807) is 12.1 Å². The number of nitro groups is 1. The molecule has 0 aliphatic heterocycles. The summed E-state index contributed by atoms with van der Waals surface area (Å²) in [6.07, 6.45) is 3.42. The molecule has 0 aromatic heterocycles. The van der Waals surface area contributed by atoms with Crippen LogP contribution >= 0.6 is 0 Å². The molecule has 0 saturated carbocycles. The fourth-order valence-electron chi connectivity index (χ4n) is 1.61. The molecule has 6 heteroatoms. The van der Waals surface area contributed by atoms with Gasteiger partial charge in [0.2, 0.25) is 0 Å². The molecule has 0 unspecified atom stereocenters. The molecule has 1 N–H and O–H groups in total. The summed E-state index contributed by atoms with van der Waals surface area (Å²) in [6, 6.07) is 6.07. The zero-order chi connectivity index (χ0) is 14.1. The van der Waals surface area contributed by atoms with Crippen molar-refractivity contribution in [2.24, 2.45) is 0 Å². The van der Waals surface area contributed by atoms with Crippen LogP contribution in [0.1, 0.15) is 32.1 Å². The Balaban J connectivity index is 2.17. The third-order valence-corrected chi connectivity index (χ3v) is 2.58. The van der Waals surface area contributed by atoms with E-state index in [0.717, 1.165) is 19.3 Å². The minimum Gasteiger partial charge on any atom is -0.493 e. The maximum absolute atomic E-state index is 10.6. The van der Waals surface area contributed by atoms with Crippen molar-refractivity contribution in [3.63, 3.8) is 0 Å². The lowest BCUT2D eigenvalue weighted by molar-refractivity contribution is -0.384. The first-order chi connectivity index (χ1) is 9.09. The lowest BCUT2D eigenvalue weighted by Gasteiger charge is -2.05. The van der Waals surface area contributed by atoms with Gasteiger partial charge >= 0.3 is 5.97 Å². The summed E-state index contributed by atoms with van der Waals surface area (Å²) in [6.45, 7) is 0.480. The van der Waals surface area contributed by atoms with Crippen LogP contribution in [-0.2, 0) is 4.79 Å². The molecule has 0 heterocycles. The highest BCUT2D eigenvalue weighted by Crippen LogP contribution is 2.19. The molecule has 0 saturated heterocycles. The SMILES string of the molecule is O=C(O)CCCCCCOc1cccc([N+](=O)[O-])c1. The zero-order valence-corrected chi connectivity index (χ0v) is 10.6. The highest BCUT2D eigenvalue weighted by Gasteiger charge is 2.05. The van der Waals surface area contributed by atoms with Crippen LogP contribution in [-0.4, -0.2) is 22.6 Å². The van der Waals surface area contributed by atoms with Gasteiger partial charge in [0.25, 0.3) is 5.69 Å². The fraction of sp³-hybridized carbons (Fsp3) is 0.462. The predicted molar refractivity (Wildman–Crippen MR) is 69.3 cm³/mol. The fourth-order valence-corrected chi connectivity index (χ4v) is 1.61. The molecule has 0 amide bonds. The van der Waals surface area contributed by atoms with Gasteiger partial charge in [-0.1, -0.05) is 18.9 Å². The topological polar surface area (TPSA) is 89.7 Å². The van der Waals surface area contributed by atoms with E-state index in [4.69, 9.17) is 9.84 Å². The molecule has 19 heavy (non-hydrogen) atoms. The maximum atomic E-state index is 10.6. The van der Waals surface area contributed by atoms with Crippen LogP contribution in [0.4, 0.5) is 5.69 Å². The van der Waals surface area contributed by atoms with Gasteiger partial charge in [-0.2, -0.15) is 0 Å². The molecule has 0 aliphatic rings. The molecule has 6 nitrogen and oxygen atoms in total. The summed E-state index contributed by atoms with van der Waals surface area (Å²) in [5.74, 6) is -0.285. The minimum absolute atomic E-state index is 0.0129. The number of benzene rings is 1. The third kappa shape index (κ3) is 6.40. The molecule has 1 rings (SSSR count). The van der Waals surface area contributed by atoms with Gasteiger partial charge in [-0.3, -0.25) is 14.9 Å². The number of nitro benzene ring substituents is 1. The Labute approximate surface area is 111 Å². The molecule has 0 atom stereocenters. The van der Waals surface area contributed by atoms with Crippen molar-refractivity contribution in [3.05, 3.63) is 34.4 Å². The van der Waals surface area contributed by atoms with Crippen molar-refractivity contribution in [3.8, 4) is 5.75 Å². The van der Waals surface area contributed by atoms with Gasteiger partial charge in [-0.05, 0) is 18.9 Å². The normalized spacial score (nSPS) is 10.1. The molecular formula is C13H17NO5. The monoisotopic (exact) mass is 267 g/mol. The van der Waals surface area contributed by atoms with Crippen LogP contribution in [0.3, 0.4) is 0 Å². The van der Waals surface area contributed by atoms with E-state index < -0.39 is 10.9 Å². The molecule has 1 aromatic rings. The number of carboxylic acid groups (broad SMARTS) is 1. The van der Waals surface area contributed by atoms with E-state index in [0.29, 0.717) is 18.8 Å². The van der Waals surface area contributed by atoms with Crippen LogP contribution in [0.5, 0.6) is 5.75 Å². The Bertz CT molecular complexity index is 433. The smallest absolute Gasteiger partial charge is 0.303 e. The summed E-state index contributed by atoms with van der Waals surface area (Å²) < 4.78 is 5.40. The van der Waals surface area contributed by atoms with Crippen LogP contribution < -0.4 is 4.74 Å². The van der Waals surface area contributed by atoms with E-state index in [2.05, 4.69) is 0 Å². The molecule has 0 spiro atoms. The maximum Gasteiger partial charge on any atom is 0.303 e. The highest BCUT2D eigenvalue weighted by molar-refractivity contribution is 5.66. The van der Waals surface area contributed by atoms with Gasteiger partial charge in [0.1, 0.15) is 5.75 Å². The van der Waals surface area contributed by atoms with E-state index in [1.807, 2.05) is 0 Å². The molecule has 0 fully saturated rings. The molecule has 0 aliphatic carbocycles. The first-order valence-electron chi connectivity index (χ1n) is 6.18. The summed E-state index contributed by atoms with van der Waals surface area (Å²) in [5.41, 5.74) is 0.0129. The lowest BCUT2D eigenvalue weighted by Crippen LogP contribution is -1.99. The van der Waals surface area contributed by atoms with Crippen molar-refractivity contribution < 1.29 is 19.6 Å². The second-order valence-corrected chi connectivity index (χ2v) is 4.16. The number of non-ortho nitro benzene ring substituents is 1. The quantitative estimate of drug-likeness (QED) is 0.422. The average molecular weight is 267 g/mol. The van der Waals surface area contributed by atoms with Crippen molar-refractivity contribution in [1.82, 2.24) is 0 Å². The standard InChI is InChI=1S/C13H17NO5/c15-13(16)8-3-1-2-4-9-19-12-7-5-6-11(10-12)14(17)18/h5-7,10H,1-4,8-9H2,(H,15,16). The Morgan fingerprint density at radius 2 is 2.00 bits per heavy atom. The number of carbonyl (C=O) groups is 1. The van der Waals surface area contributed by atoms with Gasteiger partial charge in [0.05, 0.1) is 17.6 Å². The van der Waals surface area contributed by atoms with Crippen LogP contribution in [0, 0.1) is 10.1 Å². The molecule has 104 valence electrons. The van der Waals surface area contributed by atoms with Gasteiger partial charge in [0, 0.05) is 12.5 Å². The number of rotatable bonds is 9. The minimum atomic E-state index is -0.771. The number of carboxylic acids is 1. The van der Waals surface area contributed by atoms with Crippen molar-refractivity contribution >= 4 is 11.7 Å². The first kappa shape index (κ1) is 14.9. The first-order valence-corrected chi connectivity index (χ1v) is 6.18. The Morgan fingerprint density at radius 1 is 1.26 bits per heavy atom. The Kier molecular flexibility index (Phi) is 6.35. The summed E-state index contributed by atoms with van der Waals surface area (Å²) in [7, 11) is 0. The van der Waals surface area contributed by atoms with Gasteiger partial charge in [0.15, 0.2) is 0 Å². The Morgan fingerprint density at radius 3 is 2.68 bits per heavy atom. The number of unbranched alkanes of at least 4 members (excludes halogenated alkanes) is 3. The third-order valence-electron chi connectivity index (χ3n) is 2.58. The van der Waals surface area contributed by atoms with Gasteiger partial charge in [-0.25, -0.2) is 0 Å². The summed E-state index contributed by atoms with van der Waals surface area (Å²) in [4.78, 5) is 20.4. The Hall–Kier alpha value is -2.11. The summed E-state index contributed by atoms with van der Waals surface area (Å²) >= 11 is 0. The van der Waals surface area contributed by atoms with Crippen molar-refractivity contribution in [2.75, 3.05) is 6.61 Å². The van der Waals surface area contributed by atoms with Gasteiger partial charge < -0.3 is 9.84 Å². The largest absolute Gasteiger partial charge is 0.493 e. The number of hydrogen-bond acceptors (Lipinski definition) is 4. The number of hydrogen-bond donors (Lipinski definition) is 1. The highest BCUT2D eigenvalue weighted by atomic mass is 16.6. The zero-order valence-electron chi connectivity index (χ0n) is 10.6. The predicted octanol–water partition coefficient (Wildman–Crippen LogP) is 3.01. The van der Waals surface area contributed by atoms with Gasteiger partial charge in [-0.15, -0.1) is 0 Å². The summed E-state index contributed by atoms with van der Waals surface area (Å²) in [5, 5.41) is 19.0. The average Bonchev–Trinajstić information content (AvgIpc) is 2.37. The van der Waals surface area contributed by atoms with Crippen LogP contribution in [0.25, 0.3) is 0 Å². The molecule has 0 bridgehead atoms. The van der Waals surface area contributed by atoms with Crippen molar-refractivity contribution in [2.45, 2.75) is 32.1 Å². The van der Waals surface area contributed by atoms with Crippen LogP contribution in [0.2, 0.25) is 0 Å². The van der Waals surface area contributed by atoms with E-state index >= 15 is 0 Å².